The van der Waals surface area contributed by atoms with E-state index in [4.69, 9.17) is 4.74 Å². The van der Waals surface area contributed by atoms with Crippen LogP contribution in [0.15, 0.2) is 11.6 Å². The minimum absolute atomic E-state index is 0.182. The van der Waals surface area contributed by atoms with E-state index in [1.54, 1.807) is 13.8 Å². The molecule has 0 aromatic heterocycles. The van der Waals surface area contributed by atoms with Gasteiger partial charge in [0.1, 0.15) is 0 Å². The van der Waals surface area contributed by atoms with Crippen LogP contribution in [0.5, 0.6) is 0 Å². The van der Waals surface area contributed by atoms with Gasteiger partial charge in [-0.1, -0.05) is 39.3 Å². The van der Waals surface area contributed by atoms with Crippen molar-refractivity contribution in [3.8, 4) is 0 Å². The fourth-order valence-electron chi connectivity index (χ4n) is 9.03. The second-order valence-electron chi connectivity index (χ2n) is 12.3. The zero-order valence-electron chi connectivity index (χ0n) is 20.7. The van der Waals surface area contributed by atoms with Crippen molar-refractivity contribution < 1.29 is 29.3 Å². The molecule has 4 rings (SSSR count). The number of hydrogen-bond donors (Lipinski definition) is 2. The number of aliphatic hydroxyl groups is 2. The highest BCUT2D eigenvalue weighted by Gasteiger charge is 2.85. The molecule has 0 aromatic carbocycles. The van der Waals surface area contributed by atoms with Gasteiger partial charge >= 0.3 is 5.97 Å². The van der Waals surface area contributed by atoms with Crippen LogP contribution < -0.4 is 0 Å². The molecular weight excluding hydrogens is 408 g/mol. The molecule has 4 aliphatic rings. The minimum Gasteiger partial charge on any atom is -0.468 e. The first-order valence-corrected chi connectivity index (χ1v) is 11.8. The topological polar surface area (TPSA) is 101 Å². The number of hydrogen-bond acceptors (Lipinski definition) is 6. The molecule has 3 fully saturated rings. The van der Waals surface area contributed by atoms with Gasteiger partial charge in [0.15, 0.2) is 22.6 Å². The Bertz CT molecular complexity index is 946. The van der Waals surface area contributed by atoms with Crippen LogP contribution in [0.4, 0.5) is 0 Å². The minimum atomic E-state index is -2.25. The molecule has 0 heterocycles. The highest BCUT2D eigenvalue weighted by molar-refractivity contribution is 6.30. The number of allylic oxidation sites excluding steroid dienone is 2. The summed E-state index contributed by atoms with van der Waals surface area (Å²) in [4.78, 5) is 41.3. The van der Waals surface area contributed by atoms with E-state index in [1.165, 1.54) is 14.0 Å². The molecule has 6 heteroatoms. The summed E-state index contributed by atoms with van der Waals surface area (Å²) in [5.74, 6) is -2.08. The summed E-state index contributed by atoms with van der Waals surface area (Å²) in [6, 6.07) is 0. The first kappa shape index (κ1) is 23.6. The lowest BCUT2D eigenvalue weighted by Crippen LogP contribution is -2.69. The summed E-state index contributed by atoms with van der Waals surface area (Å²) >= 11 is 0. The van der Waals surface area contributed by atoms with Crippen LogP contribution in [0.3, 0.4) is 0 Å². The smallest absolute Gasteiger partial charge is 0.321 e. The van der Waals surface area contributed by atoms with E-state index in [2.05, 4.69) is 26.8 Å². The Labute approximate surface area is 190 Å². The van der Waals surface area contributed by atoms with Crippen molar-refractivity contribution in [1.29, 1.82) is 0 Å². The number of carbonyl (C=O) groups is 3. The molecule has 0 bridgehead atoms. The molecule has 0 radical (unpaired) electrons. The number of carbonyl (C=O) groups excluding carboxylic acids is 3. The molecule has 178 valence electrons. The molecule has 6 nitrogen and oxygen atoms in total. The molecule has 0 aliphatic heterocycles. The summed E-state index contributed by atoms with van der Waals surface area (Å²) < 4.78 is 5.27. The summed E-state index contributed by atoms with van der Waals surface area (Å²) in [6.07, 6.45) is 4.35. The predicted octanol–water partition coefficient (Wildman–Crippen LogP) is 3.23. The zero-order valence-corrected chi connectivity index (χ0v) is 20.7. The number of methoxy groups -OCH3 is 1. The molecule has 3 saturated carbocycles. The van der Waals surface area contributed by atoms with Crippen molar-refractivity contribution >= 4 is 17.5 Å². The Kier molecular flexibility index (Phi) is 4.67. The van der Waals surface area contributed by atoms with Crippen LogP contribution in [-0.4, -0.2) is 46.6 Å². The third-order valence-corrected chi connectivity index (χ3v) is 10.8. The van der Waals surface area contributed by atoms with E-state index >= 15 is 0 Å². The van der Waals surface area contributed by atoms with Crippen LogP contribution in [0.25, 0.3) is 0 Å². The number of ketones is 2. The lowest BCUT2D eigenvalue weighted by Gasteiger charge is -2.68. The van der Waals surface area contributed by atoms with E-state index in [0.717, 1.165) is 12.8 Å². The van der Waals surface area contributed by atoms with Crippen LogP contribution in [0.1, 0.15) is 74.1 Å². The molecule has 32 heavy (non-hydrogen) atoms. The highest BCUT2D eigenvalue weighted by Crippen LogP contribution is 2.76. The SMILES string of the molecule is COC(=O)[C@]12C(=O)[C@@](C)(O)C(=O)[C@@]1(C)C(C)=C[C@H]1[C@@]3(C)CC[C@H](O)C(C)(C)[C@@H]3CC[C@@]12C. The summed E-state index contributed by atoms with van der Waals surface area (Å²) in [7, 11) is 1.25. The molecule has 0 saturated heterocycles. The third kappa shape index (κ3) is 2.13. The predicted molar refractivity (Wildman–Crippen MR) is 118 cm³/mol. The average molecular weight is 447 g/mol. The Morgan fingerprint density at radius 2 is 1.62 bits per heavy atom. The summed E-state index contributed by atoms with van der Waals surface area (Å²) in [5.41, 5.74) is -6.38. The van der Waals surface area contributed by atoms with Crippen LogP contribution in [0, 0.1) is 38.9 Å². The first-order valence-electron chi connectivity index (χ1n) is 11.8. The fraction of sp³-hybridized carbons (Fsp3) is 0.808. The van der Waals surface area contributed by atoms with Crippen molar-refractivity contribution in [1.82, 2.24) is 0 Å². The quantitative estimate of drug-likeness (QED) is 0.364. The Morgan fingerprint density at radius 1 is 1.03 bits per heavy atom. The van der Waals surface area contributed by atoms with Gasteiger partial charge in [0.2, 0.25) is 0 Å². The maximum atomic E-state index is 14.0. The monoisotopic (exact) mass is 446 g/mol. The van der Waals surface area contributed by atoms with E-state index in [9.17, 15) is 24.6 Å². The number of fused-ring (bicyclic) bond motifs is 5. The van der Waals surface area contributed by atoms with Gasteiger partial charge in [-0.15, -0.1) is 0 Å². The van der Waals surface area contributed by atoms with Gasteiger partial charge in [-0.25, -0.2) is 0 Å². The lowest BCUT2D eigenvalue weighted by molar-refractivity contribution is -0.214. The van der Waals surface area contributed by atoms with Crippen LogP contribution in [-0.2, 0) is 19.1 Å². The van der Waals surface area contributed by atoms with Gasteiger partial charge < -0.3 is 14.9 Å². The fourth-order valence-corrected chi connectivity index (χ4v) is 9.03. The van der Waals surface area contributed by atoms with E-state index in [0.29, 0.717) is 18.4 Å². The molecule has 8 atom stereocenters. The number of rotatable bonds is 1. The second-order valence-corrected chi connectivity index (χ2v) is 12.3. The maximum Gasteiger partial charge on any atom is 0.321 e. The molecule has 2 N–H and O–H groups in total. The summed E-state index contributed by atoms with van der Waals surface area (Å²) in [6.45, 7) is 13.0. The lowest BCUT2D eigenvalue weighted by atomic mass is 9.34. The van der Waals surface area contributed by atoms with Gasteiger partial charge in [-0.2, -0.15) is 0 Å². The van der Waals surface area contributed by atoms with Gasteiger partial charge in [0.25, 0.3) is 0 Å². The van der Waals surface area contributed by atoms with Crippen molar-refractivity contribution in [2.75, 3.05) is 7.11 Å². The Balaban J connectivity index is 2.05. The largest absolute Gasteiger partial charge is 0.468 e. The molecule has 0 unspecified atom stereocenters. The van der Waals surface area contributed by atoms with Gasteiger partial charge in [-0.05, 0) is 74.5 Å². The first-order chi connectivity index (χ1) is 14.5. The summed E-state index contributed by atoms with van der Waals surface area (Å²) in [5, 5.41) is 21.9. The molecule has 0 aromatic rings. The zero-order chi connectivity index (χ0) is 24.3. The van der Waals surface area contributed by atoms with E-state index in [1.807, 2.05) is 6.92 Å². The van der Waals surface area contributed by atoms with E-state index < -0.39 is 45.5 Å². The number of Topliss-reactive ketones (excluding diaryl/α,β-unsaturated/α-hetero) is 2. The highest BCUT2D eigenvalue weighted by atomic mass is 16.5. The third-order valence-electron chi connectivity index (χ3n) is 10.8. The van der Waals surface area contributed by atoms with Gasteiger partial charge in [0.05, 0.1) is 18.6 Å². The van der Waals surface area contributed by atoms with Crippen LogP contribution in [0.2, 0.25) is 0 Å². The van der Waals surface area contributed by atoms with Crippen molar-refractivity contribution in [3.05, 3.63) is 11.6 Å². The van der Waals surface area contributed by atoms with Gasteiger partial charge in [0, 0.05) is 0 Å². The van der Waals surface area contributed by atoms with Crippen molar-refractivity contribution in [2.45, 2.75) is 85.9 Å². The number of aliphatic hydroxyl groups excluding tert-OH is 1. The molecule has 0 spiro atoms. The number of ether oxygens (including phenoxy) is 1. The maximum absolute atomic E-state index is 14.0. The Hall–Kier alpha value is -1.53. The molecule has 0 amide bonds. The molecular formula is C26H38O6. The van der Waals surface area contributed by atoms with Gasteiger partial charge in [-0.3, -0.25) is 14.4 Å². The molecule has 4 aliphatic carbocycles. The second kappa shape index (κ2) is 6.32. The average Bonchev–Trinajstić information content (AvgIpc) is 2.84. The number of esters is 1. The van der Waals surface area contributed by atoms with Crippen LogP contribution >= 0.6 is 0 Å². The van der Waals surface area contributed by atoms with E-state index in [-0.39, 0.29) is 22.7 Å². The van der Waals surface area contributed by atoms with Crippen molar-refractivity contribution in [2.24, 2.45) is 38.9 Å². The normalized spacial score (nSPS) is 51.9. The standard InChI is InChI=1S/C26H38O6/c1-14-13-16-22(4)11-10-17(27)21(2,3)15(22)9-12-23(16,5)26(20(30)32-8)19(29)25(7,31)18(28)24(14,26)6/h13,15-17,27,31H,9-12H2,1-8H3/t15-,16-,17-,22-,23-,24+,25-,26-/m0/s1. The Morgan fingerprint density at radius 3 is 2.19 bits per heavy atom. The van der Waals surface area contributed by atoms with Crippen molar-refractivity contribution in [3.63, 3.8) is 0 Å².